The first-order valence-corrected chi connectivity index (χ1v) is 8.99. The fraction of sp³-hybridized carbons (Fsp3) is 0.421. The summed E-state index contributed by atoms with van der Waals surface area (Å²) in [6.07, 6.45) is 4.50. The Hall–Kier alpha value is -2.34. The van der Waals surface area contributed by atoms with Crippen LogP contribution in [0.2, 0.25) is 5.02 Å². The minimum atomic E-state index is -0.862. The van der Waals surface area contributed by atoms with Crippen LogP contribution in [-0.4, -0.2) is 27.5 Å². The molecule has 0 saturated heterocycles. The lowest BCUT2D eigenvalue weighted by molar-refractivity contribution is -0.146. The smallest absolute Gasteiger partial charge is 0.308 e. The van der Waals surface area contributed by atoms with Gasteiger partial charge in [0.2, 0.25) is 11.8 Å². The monoisotopic (exact) mass is 376 g/mol. The Balaban J connectivity index is 1.66. The van der Waals surface area contributed by atoms with Crippen LogP contribution in [0.3, 0.4) is 0 Å². The van der Waals surface area contributed by atoms with Crippen LogP contribution >= 0.6 is 11.6 Å². The molecule has 1 saturated carbocycles. The number of carboxylic acid groups (broad SMARTS) is 1. The molecule has 6 nitrogen and oxygen atoms in total. The maximum Gasteiger partial charge on any atom is 0.308 e. The van der Waals surface area contributed by atoms with E-state index in [1.807, 2.05) is 6.92 Å². The number of carbonyl (C=O) groups excluding carboxylic acids is 1. The highest BCUT2D eigenvalue weighted by Gasteiger charge is 2.42. The molecule has 0 bridgehead atoms. The van der Waals surface area contributed by atoms with Crippen LogP contribution in [-0.2, 0) is 16.0 Å². The van der Waals surface area contributed by atoms with Gasteiger partial charge in [0, 0.05) is 10.6 Å². The molecule has 3 rings (SSSR count). The molecular formula is C19H21ClN2O4. The highest BCUT2D eigenvalue weighted by Crippen LogP contribution is 2.34. The Morgan fingerprint density at radius 2 is 2.08 bits per heavy atom. The Labute approximate surface area is 156 Å². The lowest BCUT2D eigenvalue weighted by atomic mass is 9.74. The molecule has 0 aliphatic heterocycles. The van der Waals surface area contributed by atoms with E-state index in [0.717, 1.165) is 18.4 Å². The van der Waals surface area contributed by atoms with E-state index in [9.17, 15) is 14.7 Å². The molecular weight excluding hydrogens is 356 g/mol. The maximum absolute atomic E-state index is 12.4. The molecule has 2 unspecified atom stereocenters. The van der Waals surface area contributed by atoms with Gasteiger partial charge in [0.1, 0.15) is 6.26 Å². The molecule has 7 heteroatoms. The van der Waals surface area contributed by atoms with Crippen molar-refractivity contribution in [2.45, 2.75) is 44.6 Å². The summed E-state index contributed by atoms with van der Waals surface area (Å²) in [6, 6.07) is 7.06. The molecule has 0 spiro atoms. The zero-order valence-corrected chi connectivity index (χ0v) is 15.3. The summed E-state index contributed by atoms with van der Waals surface area (Å²) in [5.41, 5.74) is 0.536. The first-order valence-electron chi connectivity index (χ1n) is 8.61. The standard InChI is InChI=1S/C19H21ClN2O4/c1-19(9-3-2-4-15(19)18(24)25)22-16(23)10-14-11-26-17(21-14)12-5-7-13(20)8-6-12/h5-8,11,15H,2-4,9-10H2,1H3,(H,22,23)(H,24,25). The van der Waals surface area contributed by atoms with Crippen LogP contribution in [0, 0.1) is 5.92 Å². The van der Waals surface area contributed by atoms with Crippen LogP contribution in [0.15, 0.2) is 34.9 Å². The predicted molar refractivity (Wildman–Crippen MR) is 96.8 cm³/mol. The van der Waals surface area contributed by atoms with Gasteiger partial charge in [-0.05, 0) is 44.0 Å². The Morgan fingerprint density at radius 1 is 1.35 bits per heavy atom. The van der Waals surface area contributed by atoms with Gasteiger partial charge in [-0.2, -0.15) is 0 Å². The molecule has 1 fully saturated rings. The second kappa shape index (κ2) is 7.50. The highest BCUT2D eigenvalue weighted by molar-refractivity contribution is 6.30. The number of aliphatic carboxylic acids is 1. The number of hydrogen-bond donors (Lipinski definition) is 2. The fourth-order valence-corrected chi connectivity index (χ4v) is 3.65. The van der Waals surface area contributed by atoms with Gasteiger partial charge >= 0.3 is 5.97 Å². The average molecular weight is 377 g/mol. The third-order valence-electron chi connectivity index (χ3n) is 4.92. The largest absolute Gasteiger partial charge is 0.481 e. The Morgan fingerprint density at radius 3 is 2.77 bits per heavy atom. The van der Waals surface area contributed by atoms with Crippen molar-refractivity contribution in [1.82, 2.24) is 10.3 Å². The number of amides is 1. The van der Waals surface area contributed by atoms with Gasteiger partial charge in [-0.25, -0.2) is 4.98 Å². The summed E-state index contributed by atoms with van der Waals surface area (Å²) in [6.45, 7) is 1.81. The van der Waals surface area contributed by atoms with E-state index in [2.05, 4.69) is 10.3 Å². The molecule has 2 N–H and O–H groups in total. The van der Waals surface area contributed by atoms with Gasteiger partial charge < -0.3 is 14.8 Å². The second-order valence-corrected chi connectivity index (χ2v) is 7.37. The molecule has 1 aliphatic rings. The fourth-order valence-electron chi connectivity index (χ4n) is 3.52. The third-order valence-corrected chi connectivity index (χ3v) is 5.17. The molecule has 2 atom stereocenters. The van der Waals surface area contributed by atoms with Crippen molar-refractivity contribution in [2.24, 2.45) is 5.92 Å². The number of hydrogen-bond acceptors (Lipinski definition) is 4. The quantitative estimate of drug-likeness (QED) is 0.830. The van der Waals surface area contributed by atoms with E-state index < -0.39 is 17.4 Å². The van der Waals surface area contributed by atoms with Crippen molar-refractivity contribution in [3.63, 3.8) is 0 Å². The van der Waals surface area contributed by atoms with E-state index in [1.54, 1.807) is 24.3 Å². The SMILES string of the molecule is CC1(NC(=O)Cc2coc(-c3ccc(Cl)cc3)n2)CCCCC1C(=O)O. The van der Waals surface area contributed by atoms with Crippen LogP contribution in [0.1, 0.15) is 38.3 Å². The Kier molecular flexibility index (Phi) is 5.32. The summed E-state index contributed by atoms with van der Waals surface area (Å²) in [4.78, 5) is 28.3. The number of benzene rings is 1. The van der Waals surface area contributed by atoms with Gasteiger partial charge in [0.15, 0.2) is 0 Å². The number of carboxylic acids is 1. The van der Waals surface area contributed by atoms with Gasteiger partial charge in [-0.3, -0.25) is 9.59 Å². The van der Waals surface area contributed by atoms with Crippen molar-refractivity contribution in [2.75, 3.05) is 0 Å². The molecule has 1 aromatic heterocycles. The van der Waals surface area contributed by atoms with Crippen LogP contribution in [0.25, 0.3) is 11.5 Å². The third kappa shape index (κ3) is 4.07. The molecule has 26 heavy (non-hydrogen) atoms. The van der Waals surface area contributed by atoms with Gasteiger partial charge in [-0.1, -0.05) is 24.4 Å². The van der Waals surface area contributed by atoms with Crippen molar-refractivity contribution < 1.29 is 19.1 Å². The first kappa shape index (κ1) is 18.5. The van der Waals surface area contributed by atoms with Crippen LogP contribution in [0.5, 0.6) is 0 Å². The van der Waals surface area contributed by atoms with E-state index in [0.29, 0.717) is 29.4 Å². The van der Waals surface area contributed by atoms with Crippen molar-refractivity contribution in [3.8, 4) is 11.5 Å². The summed E-state index contributed by atoms with van der Waals surface area (Å²) in [5, 5.41) is 13.0. The number of nitrogens with one attached hydrogen (secondary N) is 1. The van der Waals surface area contributed by atoms with Crippen LogP contribution < -0.4 is 5.32 Å². The zero-order chi connectivity index (χ0) is 18.7. The molecule has 1 aromatic carbocycles. The second-order valence-electron chi connectivity index (χ2n) is 6.93. The van der Waals surface area contributed by atoms with Gasteiger partial charge in [0.05, 0.1) is 23.6 Å². The molecule has 0 radical (unpaired) electrons. The molecule has 1 amide bonds. The number of aromatic nitrogens is 1. The summed E-state index contributed by atoms with van der Waals surface area (Å²) in [7, 11) is 0. The molecule has 1 heterocycles. The van der Waals surface area contributed by atoms with Crippen molar-refractivity contribution in [3.05, 3.63) is 41.2 Å². The zero-order valence-electron chi connectivity index (χ0n) is 14.5. The Bertz CT molecular complexity index is 802. The van der Waals surface area contributed by atoms with E-state index in [-0.39, 0.29) is 12.3 Å². The van der Waals surface area contributed by atoms with Crippen molar-refractivity contribution in [1.29, 1.82) is 0 Å². The summed E-state index contributed by atoms with van der Waals surface area (Å²) in [5.74, 6) is -1.27. The summed E-state index contributed by atoms with van der Waals surface area (Å²) < 4.78 is 5.44. The maximum atomic E-state index is 12.4. The minimum absolute atomic E-state index is 0.0407. The normalized spacial score (nSPS) is 22.8. The summed E-state index contributed by atoms with van der Waals surface area (Å²) >= 11 is 5.87. The number of carbonyl (C=O) groups is 2. The molecule has 1 aliphatic carbocycles. The number of rotatable bonds is 5. The molecule has 2 aromatic rings. The minimum Gasteiger partial charge on any atom is -0.481 e. The van der Waals surface area contributed by atoms with Crippen molar-refractivity contribution >= 4 is 23.5 Å². The van der Waals surface area contributed by atoms with E-state index in [4.69, 9.17) is 16.0 Å². The van der Waals surface area contributed by atoms with E-state index >= 15 is 0 Å². The van der Waals surface area contributed by atoms with Gasteiger partial charge in [-0.15, -0.1) is 0 Å². The number of halogens is 1. The number of nitrogens with zero attached hydrogens (tertiary/aromatic N) is 1. The highest BCUT2D eigenvalue weighted by atomic mass is 35.5. The topological polar surface area (TPSA) is 92.4 Å². The lowest BCUT2D eigenvalue weighted by Gasteiger charge is -2.39. The predicted octanol–water partition coefficient (Wildman–Crippen LogP) is 3.69. The van der Waals surface area contributed by atoms with Gasteiger partial charge in [0.25, 0.3) is 0 Å². The number of oxazole rings is 1. The van der Waals surface area contributed by atoms with E-state index in [1.165, 1.54) is 6.26 Å². The van der Waals surface area contributed by atoms with Crippen LogP contribution in [0.4, 0.5) is 0 Å². The average Bonchev–Trinajstić information content (AvgIpc) is 3.03. The first-order chi connectivity index (χ1) is 12.4. The molecule has 138 valence electrons. The lowest BCUT2D eigenvalue weighted by Crippen LogP contribution is -2.55.